The Labute approximate surface area is 147 Å². The number of carbonyl (C=O) groups excluding carboxylic acids is 1. The maximum Gasteiger partial charge on any atom is 0.271 e. The second kappa shape index (κ2) is 6.36. The fourth-order valence-electron chi connectivity index (χ4n) is 2.76. The smallest absolute Gasteiger partial charge is 0.271 e. The van der Waals surface area contributed by atoms with Crippen molar-refractivity contribution in [2.75, 3.05) is 18.5 Å². The lowest BCUT2D eigenvalue weighted by atomic mass is 10.2. The van der Waals surface area contributed by atoms with Crippen LogP contribution in [0, 0.1) is 10.1 Å². The number of nitro groups is 1. The first-order chi connectivity index (χ1) is 12.6. The zero-order valence-electron chi connectivity index (χ0n) is 13.5. The molecule has 1 amide bonds. The number of nitro benzene ring substituents is 1. The summed E-state index contributed by atoms with van der Waals surface area (Å²) in [6.45, 7) is 0.888. The molecule has 0 spiro atoms. The standard InChI is InChI=1S/C17H14N4O5/c22-17(19-12-2-4-15-16(7-12)26-6-5-25-15)10-20-14-8-13(21(23)24)3-1-11(14)9-18-20/h1-4,7-9H,5-6,10H2,(H,19,22). The monoisotopic (exact) mass is 354 g/mol. The Balaban J connectivity index is 1.52. The molecule has 0 saturated heterocycles. The molecule has 0 unspecified atom stereocenters. The van der Waals surface area contributed by atoms with Crippen molar-refractivity contribution in [3.63, 3.8) is 0 Å². The fourth-order valence-corrected chi connectivity index (χ4v) is 2.76. The number of fused-ring (bicyclic) bond motifs is 2. The van der Waals surface area contributed by atoms with Crippen molar-refractivity contribution in [1.29, 1.82) is 0 Å². The van der Waals surface area contributed by atoms with Crippen molar-refractivity contribution in [3.8, 4) is 11.5 Å². The molecular formula is C17H14N4O5. The third-order valence-corrected chi connectivity index (χ3v) is 3.96. The molecule has 2 aromatic carbocycles. The third-order valence-electron chi connectivity index (χ3n) is 3.96. The van der Waals surface area contributed by atoms with Gasteiger partial charge in [-0.05, 0) is 18.2 Å². The van der Waals surface area contributed by atoms with Crippen molar-refractivity contribution < 1.29 is 19.2 Å². The second-order valence-corrected chi connectivity index (χ2v) is 5.71. The van der Waals surface area contributed by atoms with E-state index >= 15 is 0 Å². The SMILES string of the molecule is O=C(Cn1ncc2ccc([N+](=O)[O-])cc21)Nc1ccc2c(c1)OCCO2. The molecule has 0 aliphatic carbocycles. The van der Waals surface area contributed by atoms with E-state index in [4.69, 9.17) is 9.47 Å². The number of amides is 1. The van der Waals surface area contributed by atoms with E-state index in [2.05, 4.69) is 10.4 Å². The van der Waals surface area contributed by atoms with E-state index < -0.39 is 4.92 Å². The molecule has 1 aliphatic rings. The Morgan fingerprint density at radius 2 is 2.00 bits per heavy atom. The highest BCUT2D eigenvalue weighted by Crippen LogP contribution is 2.32. The molecule has 0 radical (unpaired) electrons. The van der Waals surface area contributed by atoms with Gasteiger partial charge >= 0.3 is 0 Å². The number of anilines is 1. The first-order valence-corrected chi connectivity index (χ1v) is 7.89. The highest BCUT2D eigenvalue weighted by Gasteiger charge is 2.15. The Kier molecular flexibility index (Phi) is 3.88. The van der Waals surface area contributed by atoms with Gasteiger partial charge in [0.25, 0.3) is 5.69 Å². The molecule has 2 heterocycles. The first-order valence-electron chi connectivity index (χ1n) is 7.89. The van der Waals surface area contributed by atoms with Crippen molar-refractivity contribution in [3.05, 3.63) is 52.7 Å². The Morgan fingerprint density at radius 3 is 2.81 bits per heavy atom. The average Bonchev–Trinajstić information content (AvgIpc) is 3.03. The van der Waals surface area contributed by atoms with Gasteiger partial charge in [-0.2, -0.15) is 5.10 Å². The van der Waals surface area contributed by atoms with Gasteiger partial charge in [0.05, 0.1) is 16.6 Å². The number of non-ortho nitro benzene ring substituents is 1. The number of ether oxygens (including phenoxy) is 2. The van der Waals surface area contributed by atoms with E-state index in [0.717, 1.165) is 5.39 Å². The van der Waals surface area contributed by atoms with Gasteiger partial charge < -0.3 is 14.8 Å². The van der Waals surface area contributed by atoms with Gasteiger partial charge in [-0.3, -0.25) is 19.6 Å². The van der Waals surface area contributed by atoms with Crippen LogP contribution in [0.5, 0.6) is 11.5 Å². The van der Waals surface area contributed by atoms with Gasteiger partial charge in [0.2, 0.25) is 5.91 Å². The summed E-state index contributed by atoms with van der Waals surface area (Å²) in [5.41, 5.74) is 1.05. The number of benzene rings is 2. The number of nitrogens with one attached hydrogen (secondary N) is 1. The molecule has 1 N–H and O–H groups in total. The van der Waals surface area contributed by atoms with Gasteiger partial charge in [0.15, 0.2) is 11.5 Å². The van der Waals surface area contributed by atoms with Gasteiger partial charge in [0, 0.05) is 29.3 Å². The van der Waals surface area contributed by atoms with Crippen molar-refractivity contribution in [2.24, 2.45) is 0 Å². The molecule has 1 aliphatic heterocycles. The summed E-state index contributed by atoms with van der Waals surface area (Å²) in [4.78, 5) is 22.8. The summed E-state index contributed by atoms with van der Waals surface area (Å²) < 4.78 is 12.4. The minimum Gasteiger partial charge on any atom is -0.486 e. The van der Waals surface area contributed by atoms with Crippen molar-refractivity contribution >= 4 is 28.2 Å². The fraction of sp³-hybridized carbons (Fsp3) is 0.176. The van der Waals surface area contributed by atoms with E-state index in [1.165, 1.54) is 16.8 Å². The van der Waals surface area contributed by atoms with E-state index in [-0.39, 0.29) is 18.1 Å². The molecule has 1 aromatic heterocycles. The highest BCUT2D eigenvalue weighted by atomic mass is 16.6. The van der Waals surface area contributed by atoms with Crippen LogP contribution in [0.4, 0.5) is 11.4 Å². The predicted molar refractivity (Wildman–Crippen MR) is 92.4 cm³/mol. The zero-order valence-corrected chi connectivity index (χ0v) is 13.5. The summed E-state index contributed by atoms with van der Waals surface area (Å²) in [5.74, 6) is 0.909. The van der Waals surface area contributed by atoms with E-state index in [1.54, 1.807) is 30.5 Å². The van der Waals surface area contributed by atoms with Gasteiger partial charge in [-0.15, -0.1) is 0 Å². The van der Waals surface area contributed by atoms with Crippen LogP contribution >= 0.6 is 0 Å². The number of rotatable bonds is 4. The van der Waals surface area contributed by atoms with E-state index in [1.807, 2.05) is 0 Å². The maximum absolute atomic E-state index is 12.3. The highest BCUT2D eigenvalue weighted by molar-refractivity contribution is 5.92. The first kappa shape index (κ1) is 15.9. The lowest BCUT2D eigenvalue weighted by Crippen LogP contribution is -2.20. The minimum absolute atomic E-state index is 0.0495. The number of carbonyl (C=O) groups is 1. The summed E-state index contributed by atoms with van der Waals surface area (Å²) in [7, 11) is 0. The lowest BCUT2D eigenvalue weighted by Gasteiger charge is -2.19. The largest absolute Gasteiger partial charge is 0.486 e. The van der Waals surface area contributed by atoms with Crippen LogP contribution in [0.3, 0.4) is 0 Å². The molecule has 0 saturated carbocycles. The van der Waals surface area contributed by atoms with Crippen LogP contribution in [0.25, 0.3) is 10.9 Å². The van der Waals surface area contributed by atoms with Crippen LogP contribution in [0.1, 0.15) is 0 Å². The molecular weight excluding hydrogens is 340 g/mol. The van der Waals surface area contributed by atoms with Crippen LogP contribution in [0.2, 0.25) is 0 Å². The zero-order chi connectivity index (χ0) is 18.1. The minimum atomic E-state index is -0.480. The average molecular weight is 354 g/mol. The Bertz CT molecular complexity index is 1010. The normalized spacial score (nSPS) is 12.8. The molecule has 0 atom stereocenters. The van der Waals surface area contributed by atoms with Crippen LogP contribution in [-0.2, 0) is 11.3 Å². The molecule has 3 aromatic rings. The van der Waals surface area contributed by atoms with Crippen LogP contribution < -0.4 is 14.8 Å². The summed E-state index contributed by atoms with van der Waals surface area (Å²) >= 11 is 0. The number of aromatic nitrogens is 2. The number of nitrogens with zero attached hydrogens (tertiary/aromatic N) is 3. The van der Waals surface area contributed by atoms with Crippen LogP contribution in [0.15, 0.2) is 42.6 Å². The van der Waals surface area contributed by atoms with Gasteiger partial charge in [0.1, 0.15) is 19.8 Å². The van der Waals surface area contributed by atoms with Crippen molar-refractivity contribution in [2.45, 2.75) is 6.54 Å². The molecule has 26 heavy (non-hydrogen) atoms. The summed E-state index contributed by atoms with van der Waals surface area (Å²) in [5, 5.41) is 18.6. The molecule has 4 rings (SSSR count). The van der Waals surface area contributed by atoms with Crippen LogP contribution in [-0.4, -0.2) is 33.8 Å². The van der Waals surface area contributed by atoms with Gasteiger partial charge in [-0.25, -0.2) is 0 Å². The molecule has 0 fully saturated rings. The second-order valence-electron chi connectivity index (χ2n) is 5.71. The number of hydrogen-bond donors (Lipinski definition) is 1. The quantitative estimate of drug-likeness (QED) is 0.569. The summed E-state index contributed by atoms with van der Waals surface area (Å²) in [6.07, 6.45) is 1.57. The Hall–Kier alpha value is -3.62. The predicted octanol–water partition coefficient (Wildman–Crippen LogP) is 2.35. The van der Waals surface area contributed by atoms with Gasteiger partial charge in [-0.1, -0.05) is 0 Å². The van der Waals surface area contributed by atoms with Crippen molar-refractivity contribution in [1.82, 2.24) is 9.78 Å². The van der Waals surface area contributed by atoms with E-state index in [9.17, 15) is 14.9 Å². The molecule has 132 valence electrons. The Morgan fingerprint density at radius 1 is 1.19 bits per heavy atom. The third kappa shape index (κ3) is 3.02. The lowest BCUT2D eigenvalue weighted by molar-refractivity contribution is -0.384. The summed E-state index contributed by atoms with van der Waals surface area (Å²) in [6, 6.07) is 9.56. The topological polar surface area (TPSA) is 109 Å². The van der Waals surface area contributed by atoms with E-state index in [0.29, 0.717) is 35.9 Å². The number of hydrogen-bond acceptors (Lipinski definition) is 6. The maximum atomic E-state index is 12.3. The molecule has 9 nitrogen and oxygen atoms in total. The molecule has 0 bridgehead atoms. The molecule has 9 heteroatoms.